The van der Waals surface area contributed by atoms with Gasteiger partial charge in [-0.15, -0.1) is 0 Å². The van der Waals surface area contributed by atoms with Crippen LogP contribution in [0.5, 0.6) is 5.75 Å². The summed E-state index contributed by atoms with van der Waals surface area (Å²) in [5.74, 6) is 0.176. The third-order valence-electron chi connectivity index (χ3n) is 2.98. The van der Waals surface area contributed by atoms with Crippen molar-refractivity contribution in [2.24, 2.45) is 0 Å². The summed E-state index contributed by atoms with van der Waals surface area (Å²) in [4.78, 5) is 11.5. The van der Waals surface area contributed by atoms with Crippen molar-refractivity contribution < 1.29 is 27.9 Å². The molecule has 0 saturated heterocycles. The second-order valence-electron chi connectivity index (χ2n) is 3.97. The van der Waals surface area contributed by atoms with Crippen LogP contribution in [0.4, 0.5) is 0 Å². The number of carbonyl (C=O) groups excluding carboxylic acids is 1. The second kappa shape index (κ2) is 7.43. The fourth-order valence-corrected chi connectivity index (χ4v) is 3.38. The number of rotatable bonds is 7. The Balaban J connectivity index is 3.14. The van der Waals surface area contributed by atoms with Gasteiger partial charge in [-0.05, 0) is 17.7 Å². The van der Waals surface area contributed by atoms with E-state index in [0.29, 0.717) is 11.3 Å². The van der Waals surface area contributed by atoms with Crippen LogP contribution in [-0.4, -0.2) is 34.4 Å². The third-order valence-corrected chi connectivity index (χ3v) is 5.24. The summed E-state index contributed by atoms with van der Waals surface area (Å²) in [6.07, 6.45) is -0.0954. The van der Waals surface area contributed by atoms with Gasteiger partial charge < -0.3 is 18.5 Å². The van der Waals surface area contributed by atoms with Crippen molar-refractivity contribution in [2.45, 2.75) is 12.1 Å². The number of hydrogen-bond acceptors (Lipinski definition) is 6. The monoisotopic (exact) mass is 302 g/mol. The average molecular weight is 302 g/mol. The predicted molar refractivity (Wildman–Crippen MR) is 74.0 cm³/mol. The fraction of sp³-hybridized carbons (Fsp3) is 0.462. The van der Waals surface area contributed by atoms with Crippen molar-refractivity contribution >= 4 is 13.6 Å². The minimum Gasteiger partial charge on any atom is -0.497 e. The van der Waals surface area contributed by atoms with E-state index in [9.17, 15) is 9.36 Å². The van der Waals surface area contributed by atoms with Gasteiger partial charge in [0, 0.05) is 14.2 Å². The number of esters is 1. The van der Waals surface area contributed by atoms with Gasteiger partial charge >= 0.3 is 13.6 Å². The van der Waals surface area contributed by atoms with Crippen LogP contribution >= 0.6 is 7.60 Å². The number of hydrogen-bond donors (Lipinski definition) is 0. The van der Waals surface area contributed by atoms with Crippen LogP contribution in [0.25, 0.3) is 0 Å². The molecule has 7 heteroatoms. The summed E-state index contributed by atoms with van der Waals surface area (Å²) in [6.45, 7) is 0. The van der Waals surface area contributed by atoms with Crippen molar-refractivity contribution in [3.05, 3.63) is 29.8 Å². The van der Waals surface area contributed by atoms with E-state index in [0.717, 1.165) is 0 Å². The Morgan fingerprint density at radius 2 is 1.65 bits per heavy atom. The summed E-state index contributed by atoms with van der Waals surface area (Å²) in [7, 11) is 1.96. The quantitative estimate of drug-likeness (QED) is 0.570. The van der Waals surface area contributed by atoms with Gasteiger partial charge in [0.05, 0.1) is 26.3 Å². The van der Waals surface area contributed by atoms with E-state index in [1.165, 1.54) is 21.3 Å². The van der Waals surface area contributed by atoms with Gasteiger partial charge in [-0.2, -0.15) is 0 Å². The van der Waals surface area contributed by atoms with Crippen molar-refractivity contribution in [1.82, 2.24) is 0 Å². The molecule has 1 aromatic carbocycles. The lowest BCUT2D eigenvalue weighted by molar-refractivity contribution is -0.140. The normalized spacial score (nSPS) is 12.8. The number of methoxy groups -OCH3 is 2. The zero-order valence-electron chi connectivity index (χ0n) is 12.0. The van der Waals surface area contributed by atoms with E-state index in [1.807, 2.05) is 0 Å². The minimum atomic E-state index is -3.45. The Labute approximate surface area is 118 Å². The minimum absolute atomic E-state index is 0.0954. The maximum Gasteiger partial charge on any atom is 0.338 e. The summed E-state index contributed by atoms with van der Waals surface area (Å²) in [6, 6.07) is 6.87. The predicted octanol–water partition coefficient (Wildman–Crippen LogP) is 2.79. The first kappa shape index (κ1) is 16.7. The molecular weight excluding hydrogens is 283 g/mol. The third kappa shape index (κ3) is 3.82. The second-order valence-corrected chi connectivity index (χ2v) is 6.41. The molecule has 0 unspecified atom stereocenters. The largest absolute Gasteiger partial charge is 0.497 e. The molecular formula is C13H19O6P. The molecule has 0 bridgehead atoms. The molecule has 0 N–H and O–H groups in total. The first-order valence-electron chi connectivity index (χ1n) is 5.92. The van der Waals surface area contributed by atoms with Crippen molar-refractivity contribution in [2.75, 3.05) is 28.4 Å². The molecule has 0 amide bonds. The molecule has 0 fully saturated rings. The SMILES string of the molecule is COC(=O)C[C@H](c1ccc(OC)cc1)P(=O)(OC)OC. The van der Waals surface area contributed by atoms with Crippen molar-refractivity contribution in [3.8, 4) is 5.75 Å². The molecule has 6 nitrogen and oxygen atoms in total. The Bertz CT molecular complexity index is 476. The van der Waals surface area contributed by atoms with Gasteiger partial charge in [-0.1, -0.05) is 12.1 Å². The molecule has 0 aliphatic rings. The highest BCUT2D eigenvalue weighted by Crippen LogP contribution is 2.61. The van der Waals surface area contributed by atoms with Gasteiger partial charge in [0.1, 0.15) is 5.75 Å². The number of benzene rings is 1. The molecule has 0 aliphatic heterocycles. The number of ether oxygens (including phenoxy) is 2. The first-order chi connectivity index (χ1) is 9.50. The van der Waals surface area contributed by atoms with Gasteiger partial charge in [0.25, 0.3) is 0 Å². The average Bonchev–Trinajstić information content (AvgIpc) is 2.51. The maximum absolute atomic E-state index is 12.6. The van der Waals surface area contributed by atoms with Crippen LogP contribution in [0, 0.1) is 0 Å². The summed E-state index contributed by atoms with van der Waals surface area (Å²) in [5, 5.41) is 0. The first-order valence-corrected chi connectivity index (χ1v) is 7.53. The van der Waals surface area contributed by atoms with Crippen LogP contribution < -0.4 is 4.74 Å². The Morgan fingerprint density at radius 3 is 2.05 bits per heavy atom. The molecule has 0 radical (unpaired) electrons. The summed E-state index contributed by atoms with van der Waals surface area (Å²) in [5.41, 5.74) is -0.0703. The smallest absolute Gasteiger partial charge is 0.338 e. The number of carbonyl (C=O) groups is 1. The van der Waals surface area contributed by atoms with E-state index < -0.39 is 19.2 Å². The zero-order chi connectivity index (χ0) is 15.2. The van der Waals surface area contributed by atoms with Gasteiger partial charge in [-0.25, -0.2) is 0 Å². The Morgan fingerprint density at radius 1 is 1.10 bits per heavy atom. The molecule has 112 valence electrons. The molecule has 0 aliphatic carbocycles. The topological polar surface area (TPSA) is 71.1 Å². The van der Waals surface area contributed by atoms with Crippen LogP contribution in [0.1, 0.15) is 17.6 Å². The standard InChI is InChI=1S/C13H19O6P/c1-16-11-7-5-10(6-8-11)12(9-13(14)17-2)20(15,18-3)19-4/h5-8,12H,9H2,1-4H3/t12-/m1/s1. The van der Waals surface area contributed by atoms with Gasteiger partial charge in [0.2, 0.25) is 0 Å². The molecule has 1 atom stereocenters. The van der Waals surface area contributed by atoms with Crippen LogP contribution in [-0.2, 0) is 23.1 Å². The lowest BCUT2D eigenvalue weighted by Crippen LogP contribution is -2.11. The van der Waals surface area contributed by atoms with Crippen LogP contribution in [0.2, 0.25) is 0 Å². The summed E-state index contributed by atoms with van der Waals surface area (Å²) < 4.78 is 32.3. The summed E-state index contributed by atoms with van der Waals surface area (Å²) >= 11 is 0. The van der Waals surface area contributed by atoms with E-state index in [-0.39, 0.29) is 6.42 Å². The molecule has 1 rings (SSSR count). The molecule has 1 aromatic rings. The van der Waals surface area contributed by atoms with Gasteiger partial charge in [-0.3, -0.25) is 9.36 Å². The highest BCUT2D eigenvalue weighted by molar-refractivity contribution is 7.54. The Kier molecular flexibility index (Phi) is 6.20. The van der Waals surface area contributed by atoms with Crippen molar-refractivity contribution in [1.29, 1.82) is 0 Å². The highest BCUT2D eigenvalue weighted by atomic mass is 31.2. The van der Waals surface area contributed by atoms with Crippen LogP contribution in [0.15, 0.2) is 24.3 Å². The van der Waals surface area contributed by atoms with E-state index in [4.69, 9.17) is 13.8 Å². The molecule has 0 spiro atoms. The van der Waals surface area contributed by atoms with Crippen LogP contribution in [0.3, 0.4) is 0 Å². The van der Waals surface area contributed by atoms with Gasteiger partial charge in [0.15, 0.2) is 0 Å². The van der Waals surface area contributed by atoms with Crippen molar-refractivity contribution in [3.63, 3.8) is 0 Å². The molecule has 0 heterocycles. The molecule has 0 aromatic heterocycles. The zero-order valence-corrected chi connectivity index (χ0v) is 12.9. The van der Waals surface area contributed by atoms with E-state index >= 15 is 0 Å². The molecule has 0 saturated carbocycles. The molecule has 20 heavy (non-hydrogen) atoms. The van der Waals surface area contributed by atoms with E-state index in [1.54, 1.807) is 31.4 Å². The highest BCUT2D eigenvalue weighted by Gasteiger charge is 2.37. The fourth-order valence-electron chi connectivity index (χ4n) is 1.81. The Hall–Kier alpha value is -1.36. The van der Waals surface area contributed by atoms with E-state index in [2.05, 4.69) is 4.74 Å². The lowest BCUT2D eigenvalue weighted by atomic mass is 10.1. The lowest BCUT2D eigenvalue weighted by Gasteiger charge is -2.24. The maximum atomic E-state index is 12.6.